The first-order chi connectivity index (χ1) is 11.0. The number of esters is 1. The van der Waals surface area contributed by atoms with Gasteiger partial charge in [-0.25, -0.2) is 13.6 Å². The van der Waals surface area contributed by atoms with Gasteiger partial charge in [-0.2, -0.15) is 5.26 Å². The molecule has 0 aliphatic heterocycles. The van der Waals surface area contributed by atoms with Crippen molar-refractivity contribution in [1.82, 2.24) is 0 Å². The number of nitrogens with one attached hydrogen (secondary N) is 1. The Kier molecular flexibility index (Phi) is 5.00. The SMILES string of the molecule is N#Cc1cccc(C(=O)OCC(=O)Nc2ccc(F)c(F)c2)c1. The Bertz CT molecular complexity index is 800. The number of anilines is 1. The predicted molar refractivity (Wildman–Crippen MR) is 76.4 cm³/mol. The number of hydrogen-bond donors (Lipinski definition) is 1. The number of amides is 1. The molecule has 0 fully saturated rings. The Labute approximate surface area is 130 Å². The highest BCUT2D eigenvalue weighted by atomic mass is 19.2. The van der Waals surface area contributed by atoms with Gasteiger partial charge in [0.2, 0.25) is 0 Å². The number of nitrogens with zero attached hydrogens (tertiary/aromatic N) is 1. The quantitative estimate of drug-likeness (QED) is 0.879. The second kappa shape index (κ2) is 7.13. The van der Waals surface area contributed by atoms with Gasteiger partial charge in [-0.3, -0.25) is 4.79 Å². The largest absolute Gasteiger partial charge is 0.452 e. The molecular weight excluding hydrogens is 306 g/mol. The Morgan fingerprint density at radius 2 is 1.91 bits per heavy atom. The molecular formula is C16H10F2N2O3. The molecule has 0 saturated heterocycles. The molecule has 7 heteroatoms. The molecule has 0 unspecified atom stereocenters. The number of carbonyl (C=O) groups excluding carboxylic acids is 2. The highest BCUT2D eigenvalue weighted by molar-refractivity contribution is 5.95. The van der Waals surface area contributed by atoms with E-state index in [9.17, 15) is 18.4 Å². The molecule has 5 nitrogen and oxygen atoms in total. The zero-order valence-corrected chi connectivity index (χ0v) is 11.7. The normalized spacial score (nSPS) is 9.78. The van der Waals surface area contributed by atoms with Gasteiger partial charge in [0.05, 0.1) is 17.2 Å². The van der Waals surface area contributed by atoms with Crippen LogP contribution in [0.4, 0.5) is 14.5 Å². The van der Waals surface area contributed by atoms with Crippen molar-refractivity contribution in [2.45, 2.75) is 0 Å². The number of hydrogen-bond acceptors (Lipinski definition) is 4. The van der Waals surface area contributed by atoms with Crippen molar-refractivity contribution in [2.24, 2.45) is 0 Å². The van der Waals surface area contributed by atoms with E-state index in [0.29, 0.717) is 0 Å². The molecule has 0 aromatic heterocycles. The van der Waals surface area contributed by atoms with Gasteiger partial charge in [0.1, 0.15) is 0 Å². The van der Waals surface area contributed by atoms with E-state index in [1.54, 1.807) is 0 Å². The summed E-state index contributed by atoms with van der Waals surface area (Å²) < 4.78 is 30.5. The van der Waals surface area contributed by atoms with E-state index in [-0.39, 0.29) is 16.8 Å². The fourth-order valence-corrected chi connectivity index (χ4v) is 1.70. The summed E-state index contributed by atoms with van der Waals surface area (Å²) in [5.41, 5.74) is 0.451. The smallest absolute Gasteiger partial charge is 0.338 e. The molecule has 1 N–H and O–H groups in total. The van der Waals surface area contributed by atoms with Crippen LogP contribution in [-0.2, 0) is 9.53 Å². The molecule has 0 heterocycles. The van der Waals surface area contributed by atoms with Crippen LogP contribution in [-0.4, -0.2) is 18.5 Å². The van der Waals surface area contributed by atoms with Crippen molar-refractivity contribution in [3.8, 4) is 6.07 Å². The predicted octanol–water partition coefficient (Wildman–Crippen LogP) is 2.63. The minimum Gasteiger partial charge on any atom is -0.452 e. The molecule has 2 rings (SSSR count). The van der Waals surface area contributed by atoms with Crippen LogP contribution in [0.5, 0.6) is 0 Å². The lowest BCUT2D eigenvalue weighted by molar-refractivity contribution is -0.119. The fraction of sp³-hybridized carbons (Fsp3) is 0.0625. The first-order valence-electron chi connectivity index (χ1n) is 6.42. The van der Waals surface area contributed by atoms with Crippen LogP contribution < -0.4 is 5.32 Å². The summed E-state index contributed by atoms with van der Waals surface area (Å²) in [6.45, 7) is -0.603. The molecule has 116 valence electrons. The first-order valence-corrected chi connectivity index (χ1v) is 6.42. The van der Waals surface area contributed by atoms with Crippen molar-refractivity contribution in [1.29, 1.82) is 5.26 Å². The third-order valence-electron chi connectivity index (χ3n) is 2.77. The van der Waals surface area contributed by atoms with Crippen LogP contribution in [0.1, 0.15) is 15.9 Å². The molecule has 1 amide bonds. The van der Waals surface area contributed by atoms with Crippen LogP contribution in [0.15, 0.2) is 42.5 Å². The number of ether oxygens (including phenoxy) is 1. The minimum atomic E-state index is -1.10. The minimum absolute atomic E-state index is 0.0384. The van der Waals surface area contributed by atoms with Gasteiger partial charge >= 0.3 is 5.97 Å². The molecule has 23 heavy (non-hydrogen) atoms. The highest BCUT2D eigenvalue weighted by Crippen LogP contribution is 2.13. The molecule has 0 spiro atoms. The lowest BCUT2D eigenvalue weighted by atomic mass is 10.1. The molecule has 2 aromatic carbocycles. The highest BCUT2D eigenvalue weighted by Gasteiger charge is 2.11. The number of rotatable bonds is 4. The Morgan fingerprint density at radius 1 is 1.13 bits per heavy atom. The summed E-state index contributed by atoms with van der Waals surface area (Å²) in [7, 11) is 0. The van der Waals surface area contributed by atoms with Crippen molar-refractivity contribution in [2.75, 3.05) is 11.9 Å². The topological polar surface area (TPSA) is 79.2 Å². The van der Waals surface area contributed by atoms with E-state index in [1.807, 2.05) is 6.07 Å². The summed E-state index contributed by atoms with van der Waals surface area (Å²) in [5, 5.41) is 11.0. The van der Waals surface area contributed by atoms with Gasteiger partial charge < -0.3 is 10.1 Å². The maximum atomic E-state index is 13.0. The van der Waals surface area contributed by atoms with Crippen LogP contribution in [0, 0.1) is 23.0 Å². The molecule has 0 saturated carbocycles. The second-order valence-electron chi connectivity index (χ2n) is 4.45. The summed E-state index contributed by atoms with van der Waals surface area (Å²) >= 11 is 0. The number of carbonyl (C=O) groups is 2. The standard InChI is InChI=1S/C16H10F2N2O3/c17-13-5-4-12(7-14(13)18)20-15(21)9-23-16(22)11-3-1-2-10(6-11)8-19/h1-7H,9H2,(H,20,21). The summed E-state index contributed by atoms with van der Waals surface area (Å²) in [5.74, 6) is -3.62. The van der Waals surface area contributed by atoms with Gasteiger partial charge in [-0.1, -0.05) is 6.07 Å². The van der Waals surface area contributed by atoms with Crippen LogP contribution >= 0.6 is 0 Å². The Balaban J connectivity index is 1.92. The maximum Gasteiger partial charge on any atom is 0.338 e. The summed E-state index contributed by atoms with van der Waals surface area (Å²) in [6, 6.07) is 10.5. The Hall–Kier alpha value is -3.27. The van der Waals surface area contributed by atoms with Gasteiger partial charge in [-0.05, 0) is 30.3 Å². The number of benzene rings is 2. The van der Waals surface area contributed by atoms with E-state index in [4.69, 9.17) is 10.00 Å². The van der Waals surface area contributed by atoms with E-state index in [2.05, 4.69) is 5.32 Å². The van der Waals surface area contributed by atoms with E-state index in [1.165, 1.54) is 30.3 Å². The fourth-order valence-electron chi connectivity index (χ4n) is 1.70. The van der Waals surface area contributed by atoms with E-state index >= 15 is 0 Å². The maximum absolute atomic E-state index is 13.0. The van der Waals surface area contributed by atoms with Gasteiger partial charge in [-0.15, -0.1) is 0 Å². The second-order valence-corrected chi connectivity index (χ2v) is 4.45. The van der Waals surface area contributed by atoms with Crippen LogP contribution in [0.25, 0.3) is 0 Å². The number of nitriles is 1. The van der Waals surface area contributed by atoms with Crippen molar-refractivity contribution < 1.29 is 23.1 Å². The number of halogens is 2. The van der Waals surface area contributed by atoms with E-state index < -0.39 is 30.1 Å². The van der Waals surface area contributed by atoms with Gasteiger partial charge in [0.25, 0.3) is 5.91 Å². The molecule has 2 aromatic rings. The van der Waals surface area contributed by atoms with Gasteiger partial charge in [0.15, 0.2) is 18.2 Å². The zero-order chi connectivity index (χ0) is 16.8. The third-order valence-corrected chi connectivity index (χ3v) is 2.77. The molecule has 0 aliphatic rings. The molecule has 0 bridgehead atoms. The molecule has 0 radical (unpaired) electrons. The van der Waals surface area contributed by atoms with Crippen molar-refractivity contribution in [3.05, 3.63) is 65.2 Å². The van der Waals surface area contributed by atoms with Crippen molar-refractivity contribution in [3.63, 3.8) is 0 Å². The third kappa shape index (κ3) is 4.35. The first kappa shape index (κ1) is 16.1. The lowest BCUT2D eigenvalue weighted by Gasteiger charge is -2.07. The molecule has 0 aliphatic carbocycles. The molecule has 0 atom stereocenters. The monoisotopic (exact) mass is 316 g/mol. The van der Waals surface area contributed by atoms with Crippen LogP contribution in [0.3, 0.4) is 0 Å². The Morgan fingerprint density at radius 3 is 2.61 bits per heavy atom. The summed E-state index contributed by atoms with van der Waals surface area (Å²) in [6.07, 6.45) is 0. The van der Waals surface area contributed by atoms with Gasteiger partial charge in [0, 0.05) is 11.8 Å². The average molecular weight is 316 g/mol. The lowest BCUT2D eigenvalue weighted by Crippen LogP contribution is -2.21. The van der Waals surface area contributed by atoms with Crippen LogP contribution in [0.2, 0.25) is 0 Å². The van der Waals surface area contributed by atoms with E-state index in [0.717, 1.165) is 12.1 Å². The summed E-state index contributed by atoms with van der Waals surface area (Å²) in [4.78, 5) is 23.4. The zero-order valence-electron chi connectivity index (χ0n) is 11.7. The van der Waals surface area contributed by atoms with Crippen molar-refractivity contribution >= 4 is 17.6 Å². The average Bonchev–Trinajstić information content (AvgIpc) is 2.56.